The summed E-state index contributed by atoms with van der Waals surface area (Å²) in [4.78, 5) is 17.0. The largest absolute Gasteiger partial charge is 0.495 e. The van der Waals surface area contributed by atoms with Gasteiger partial charge in [0.15, 0.2) is 0 Å². The molecule has 1 saturated heterocycles. The third-order valence-electron chi connectivity index (χ3n) is 4.63. The van der Waals surface area contributed by atoms with Crippen molar-refractivity contribution in [2.45, 2.75) is 6.54 Å². The molecule has 2 aromatic rings. The minimum absolute atomic E-state index is 0.0803. The number of halogens is 1. The van der Waals surface area contributed by atoms with E-state index < -0.39 is 0 Å². The lowest BCUT2D eigenvalue weighted by Crippen LogP contribution is -2.44. The van der Waals surface area contributed by atoms with Crippen molar-refractivity contribution in [3.05, 3.63) is 58.1 Å². The highest BCUT2D eigenvalue weighted by Gasteiger charge is 2.18. The van der Waals surface area contributed by atoms with Gasteiger partial charge in [0.25, 0.3) is 5.91 Å². The van der Waals surface area contributed by atoms with Gasteiger partial charge in [-0.25, -0.2) is 0 Å². The first-order chi connectivity index (χ1) is 12.6. The average Bonchev–Trinajstić information content (AvgIpc) is 2.66. The van der Waals surface area contributed by atoms with E-state index in [0.29, 0.717) is 12.1 Å². The Balaban J connectivity index is 1.70. The van der Waals surface area contributed by atoms with Crippen LogP contribution in [0.4, 0.5) is 5.69 Å². The fourth-order valence-corrected chi connectivity index (χ4v) is 3.45. The molecule has 1 amide bonds. The zero-order chi connectivity index (χ0) is 18.5. The van der Waals surface area contributed by atoms with Crippen molar-refractivity contribution in [2.24, 2.45) is 0 Å². The van der Waals surface area contributed by atoms with Crippen molar-refractivity contribution in [2.75, 3.05) is 45.2 Å². The lowest BCUT2D eigenvalue weighted by molar-refractivity contribution is 0.0951. The normalized spacial score (nSPS) is 15.0. The zero-order valence-electron chi connectivity index (χ0n) is 15.2. The summed E-state index contributed by atoms with van der Waals surface area (Å²) >= 11 is 3.40. The van der Waals surface area contributed by atoms with Gasteiger partial charge < -0.3 is 19.9 Å². The molecule has 0 aliphatic carbocycles. The second-order valence-corrected chi connectivity index (χ2v) is 7.41. The lowest BCUT2D eigenvalue weighted by atomic mass is 10.1. The third kappa shape index (κ3) is 4.56. The van der Waals surface area contributed by atoms with Gasteiger partial charge in [0, 0.05) is 42.8 Å². The number of hydrogen-bond acceptors (Lipinski definition) is 4. The first-order valence-electron chi connectivity index (χ1n) is 8.71. The van der Waals surface area contributed by atoms with Crippen molar-refractivity contribution in [3.63, 3.8) is 0 Å². The molecule has 26 heavy (non-hydrogen) atoms. The number of anilines is 1. The van der Waals surface area contributed by atoms with Gasteiger partial charge in [0.1, 0.15) is 5.75 Å². The third-order valence-corrected chi connectivity index (χ3v) is 5.12. The van der Waals surface area contributed by atoms with Crippen LogP contribution in [0.2, 0.25) is 0 Å². The molecule has 0 unspecified atom stereocenters. The number of methoxy groups -OCH3 is 1. The van der Waals surface area contributed by atoms with Crippen molar-refractivity contribution in [3.8, 4) is 5.75 Å². The molecule has 6 heteroatoms. The minimum atomic E-state index is -0.0803. The zero-order valence-corrected chi connectivity index (χ0v) is 16.8. The Labute approximate surface area is 163 Å². The number of carbonyl (C=O) groups excluding carboxylic acids is 1. The molecule has 0 aromatic heterocycles. The van der Waals surface area contributed by atoms with E-state index in [9.17, 15) is 4.79 Å². The highest BCUT2D eigenvalue weighted by Crippen LogP contribution is 2.30. The maximum atomic E-state index is 12.3. The maximum absolute atomic E-state index is 12.3. The molecule has 1 aliphatic heterocycles. The first kappa shape index (κ1) is 18.7. The summed E-state index contributed by atoms with van der Waals surface area (Å²) in [7, 11) is 3.84. The van der Waals surface area contributed by atoms with Crippen molar-refractivity contribution < 1.29 is 9.53 Å². The molecule has 0 saturated carbocycles. The number of likely N-dealkylation sites (N-methyl/N-ethyl adjacent to an activating group) is 1. The highest BCUT2D eigenvalue weighted by molar-refractivity contribution is 9.10. The smallest absolute Gasteiger partial charge is 0.251 e. The number of hydrogen-bond donors (Lipinski definition) is 1. The van der Waals surface area contributed by atoms with Crippen molar-refractivity contribution in [1.29, 1.82) is 0 Å². The predicted molar refractivity (Wildman–Crippen MR) is 108 cm³/mol. The number of carbonyl (C=O) groups is 1. The second-order valence-electron chi connectivity index (χ2n) is 6.49. The average molecular weight is 418 g/mol. The van der Waals surface area contributed by atoms with Crippen LogP contribution in [0.5, 0.6) is 5.75 Å². The topological polar surface area (TPSA) is 44.8 Å². The summed E-state index contributed by atoms with van der Waals surface area (Å²) in [6.45, 7) is 4.50. The summed E-state index contributed by atoms with van der Waals surface area (Å²) in [6, 6.07) is 13.5. The minimum Gasteiger partial charge on any atom is -0.495 e. The number of benzene rings is 2. The Bertz CT molecular complexity index is 773. The Morgan fingerprint density at radius 2 is 1.92 bits per heavy atom. The van der Waals surface area contributed by atoms with E-state index in [1.165, 1.54) is 0 Å². The van der Waals surface area contributed by atoms with E-state index in [2.05, 4.69) is 44.2 Å². The molecular formula is C20H24BrN3O2. The van der Waals surface area contributed by atoms with Crippen LogP contribution < -0.4 is 15.0 Å². The van der Waals surface area contributed by atoms with Crippen LogP contribution in [0.1, 0.15) is 15.9 Å². The first-order valence-corrected chi connectivity index (χ1v) is 9.50. The van der Waals surface area contributed by atoms with E-state index in [1.54, 1.807) is 7.11 Å². The summed E-state index contributed by atoms with van der Waals surface area (Å²) in [5.74, 6) is 0.792. The summed E-state index contributed by atoms with van der Waals surface area (Å²) < 4.78 is 6.44. The van der Waals surface area contributed by atoms with E-state index in [1.807, 2.05) is 36.4 Å². The molecule has 0 bridgehead atoms. The van der Waals surface area contributed by atoms with Gasteiger partial charge in [0.05, 0.1) is 12.8 Å². The Morgan fingerprint density at radius 1 is 1.15 bits per heavy atom. The number of nitrogens with zero attached hydrogens (tertiary/aromatic N) is 2. The van der Waals surface area contributed by atoms with Crippen LogP contribution in [0.15, 0.2) is 46.9 Å². The van der Waals surface area contributed by atoms with Gasteiger partial charge in [-0.2, -0.15) is 0 Å². The molecular weight excluding hydrogens is 394 g/mol. The summed E-state index contributed by atoms with van der Waals surface area (Å²) in [5, 5.41) is 2.99. The predicted octanol–water partition coefficient (Wildman–Crippen LogP) is 3.14. The van der Waals surface area contributed by atoms with Gasteiger partial charge in [-0.1, -0.05) is 28.1 Å². The Morgan fingerprint density at radius 3 is 2.62 bits per heavy atom. The Hall–Kier alpha value is -2.05. The van der Waals surface area contributed by atoms with Crippen LogP contribution in [0.25, 0.3) is 0 Å². The van der Waals surface area contributed by atoms with Crippen LogP contribution in [0, 0.1) is 0 Å². The van der Waals surface area contributed by atoms with Crippen LogP contribution in [-0.2, 0) is 6.54 Å². The number of rotatable bonds is 5. The van der Waals surface area contributed by atoms with E-state index in [-0.39, 0.29) is 5.91 Å². The molecule has 5 nitrogen and oxygen atoms in total. The molecule has 0 spiro atoms. The molecule has 0 atom stereocenters. The van der Waals surface area contributed by atoms with E-state index >= 15 is 0 Å². The molecule has 1 N–H and O–H groups in total. The number of ether oxygens (including phenoxy) is 1. The quantitative estimate of drug-likeness (QED) is 0.811. The SMILES string of the molecule is COc1ccc(CNC(=O)c2cccc(Br)c2)cc1N1CCN(C)CC1. The van der Waals surface area contributed by atoms with E-state index in [0.717, 1.165) is 47.7 Å². The number of piperazine rings is 1. The summed E-state index contributed by atoms with van der Waals surface area (Å²) in [5.41, 5.74) is 2.80. The van der Waals surface area contributed by atoms with Crippen molar-refractivity contribution >= 4 is 27.5 Å². The van der Waals surface area contributed by atoms with Gasteiger partial charge in [-0.3, -0.25) is 4.79 Å². The maximum Gasteiger partial charge on any atom is 0.251 e. The summed E-state index contributed by atoms with van der Waals surface area (Å²) in [6.07, 6.45) is 0. The number of nitrogens with one attached hydrogen (secondary N) is 1. The second kappa shape index (κ2) is 8.56. The molecule has 0 radical (unpaired) electrons. The molecule has 1 fully saturated rings. The molecule has 1 heterocycles. The molecule has 138 valence electrons. The molecule has 2 aromatic carbocycles. The van der Waals surface area contributed by atoms with Crippen LogP contribution >= 0.6 is 15.9 Å². The lowest BCUT2D eigenvalue weighted by Gasteiger charge is -2.35. The van der Waals surface area contributed by atoms with Crippen LogP contribution in [-0.4, -0.2) is 51.1 Å². The van der Waals surface area contributed by atoms with Crippen LogP contribution in [0.3, 0.4) is 0 Å². The van der Waals surface area contributed by atoms with Crippen molar-refractivity contribution in [1.82, 2.24) is 10.2 Å². The van der Waals surface area contributed by atoms with Gasteiger partial charge in [-0.05, 0) is 42.9 Å². The number of amides is 1. The Kier molecular flexibility index (Phi) is 6.16. The van der Waals surface area contributed by atoms with Gasteiger partial charge in [-0.15, -0.1) is 0 Å². The van der Waals surface area contributed by atoms with Gasteiger partial charge >= 0.3 is 0 Å². The van der Waals surface area contributed by atoms with E-state index in [4.69, 9.17) is 4.74 Å². The fraction of sp³-hybridized carbons (Fsp3) is 0.350. The highest BCUT2D eigenvalue weighted by atomic mass is 79.9. The molecule has 3 rings (SSSR count). The molecule has 1 aliphatic rings. The fourth-order valence-electron chi connectivity index (χ4n) is 3.05. The monoisotopic (exact) mass is 417 g/mol. The van der Waals surface area contributed by atoms with Gasteiger partial charge in [0.2, 0.25) is 0 Å². The standard InChI is InChI=1S/C20H24BrN3O2/c1-23-8-10-24(11-9-23)18-12-15(6-7-19(18)26-2)14-22-20(25)16-4-3-5-17(21)13-16/h3-7,12-13H,8-11,14H2,1-2H3,(H,22,25).